The molecule has 0 saturated carbocycles. The Morgan fingerprint density at radius 1 is 0.532 bits per heavy atom. The van der Waals surface area contributed by atoms with E-state index in [0.29, 0.717) is 0 Å². The molecule has 15 N–H and O–H groups in total. The van der Waals surface area contributed by atoms with Crippen LogP contribution >= 0.6 is 0 Å². The fourth-order valence-corrected chi connectivity index (χ4v) is 8.24. The van der Waals surface area contributed by atoms with E-state index in [1.54, 1.807) is 0 Å². The summed E-state index contributed by atoms with van der Waals surface area (Å²) in [4.78, 5) is 38.3. The molecular weight excluding hydrogens is 852 g/mol. The Balaban J connectivity index is 1.51. The van der Waals surface area contributed by atoms with Gasteiger partial charge in [0.05, 0.1) is 26.4 Å². The standard InChI is InChI=1S/C34H54N2O26/c1-7(41)35-13-24-15(45)11(5-39)53-30(13)57-23-12(6-40)54-31(14(36-8(2)42)25(23)59-32-18(48)16(46)21(55-32)9(43)3-37)60-26-17(47)19(49)33(62-28(26)29(51)52)61-27-20(50)34(58-24)56-22(27)10(44)4-38/h9-28,30-34,37-40,43-50H,3-6H2,1-2H3,(H,35,41)(H,36,42)(H,51,52)/t9-,10-,11-,12-,13-,14-,15-,16-,17-,18-,19-,20-,21+,22+,23-,24-,25-,26+,27-,28+,30+,31+,32+,33-,34+/m1/s1. The molecule has 0 aliphatic carbocycles. The Morgan fingerprint density at radius 2 is 1.06 bits per heavy atom. The zero-order chi connectivity index (χ0) is 45.5. The number of amides is 2. The molecular formula is C34H54N2O26. The van der Waals surface area contributed by atoms with Crippen LogP contribution in [0.4, 0.5) is 0 Å². The molecule has 8 saturated heterocycles. The number of hydrogen-bond acceptors (Lipinski definition) is 25. The van der Waals surface area contributed by atoms with Crippen molar-refractivity contribution in [2.45, 2.75) is 167 Å². The third kappa shape index (κ3) is 9.72. The number of aliphatic hydroxyl groups is 12. The molecule has 0 radical (unpaired) electrons. The number of carboxylic acids is 1. The van der Waals surface area contributed by atoms with Crippen molar-refractivity contribution in [2.75, 3.05) is 26.4 Å². The number of aliphatic hydroxyl groups excluding tert-OH is 12. The van der Waals surface area contributed by atoms with Crippen molar-refractivity contribution in [3.05, 3.63) is 0 Å². The van der Waals surface area contributed by atoms with Gasteiger partial charge < -0.3 is 124 Å². The summed E-state index contributed by atoms with van der Waals surface area (Å²) in [6.07, 6.45) is -45.0. The molecule has 8 heterocycles. The predicted molar refractivity (Wildman–Crippen MR) is 187 cm³/mol. The number of aliphatic carboxylic acids is 1. The highest BCUT2D eigenvalue weighted by Crippen LogP contribution is 2.39. The van der Waals surface area contributed by atoms with E-state index in [1.165, 1.54) is 0 Å². The average molecular weight is 907 g/mol. The Morgan fingerprint density at radius 3 is 1.66 bits per heavy atom. The number of carbonyl (C=O) groups excluding carboxylic acids is 2. The van der Waals surface area contributed by atoms with Crippen LogP contribution in [0.1, 0.15) is 13.8 Å². The molecule has 0 unspecified atom stereocenters. The maximum Gasteiger partial charge on any atom is 0.335 e. The van der Waals surface area contributed by atoms with E-state index < -0.39 is 198 Å². The molecule has 28 nitrogen and oxygen atoms in total. The van der Waals surface area contributed by atoms with Gasteiger partial charge in [0.1, 0.15) is 116 Å². The lowest BCUT2D eigenvalue weighted by molar-refractivity contribution is -0.374. The number of fused-ring (bicyclic) bond motifs is 2. The van der Waals surface area contributed by atoms with E-state index in [0.717, 1.165) is 13.8 Å². The van der Waals surface area contributed by atoms with Crippen molar-refractivity contribution in [1.29, 1.82) is 0 Å². The first-order valence-corrected chi connectivity index (χ1v) is 19.5. The van der Waals surface area contributed by atoms with E-state index in [4.69, 9.17) is 47.4 Å². The van der Waals surface area contributed by atoms with Gasteiger partial charge in [0.15, 0.2) is 37.6 Å². The Bertz CT molecular complexity index is 1540. The SMILES string of the molecule is CC(=O)N[C@H]1[C@@H]2O[C@H]3[C@H](O)[C@@H](O)[C@H](O[C@@H]4[C@@H](O)[C@@H](O[C@H]4[C@H](O)CO)O[C@H]4[C@H](O)[C@@H](CO)O[C@@H](O[C@@H]([C@@H]1O[C@@H]1O[C@@H]([C@H](O)CO)[C@H](O)[C@H]1O)[C@@H](CO)O2)[C@@H]4NC(C)=O)O[C@@H]3C(=O)O. The van der Waals surface area contributed by atoms with E-state index >= 15 is 0 Å². The van der Waals surface area contributed by atoms with Crippen LogP contribution in [0.3, 0.4) is 0 Å². The summed E-state index contributed by atoms with van der Waals surface area (Å²) in [7, 11) is 0. The van der Waals surface area contributed by atoms with Crippen LogP contribution in [0, 0.1) is 0 Å². The van der Waals surface area contributed by atoms with Crippen LogP contribution in [0.15, 0.2) is 0 Å². The predicted octanol–water partition coefficient (Wildman–Crippen LogP) is -10.5. The third-order valence-corrected chi connectivity index (χ3v) is 11.3. The van der Waals surface area contributed by atoms with Gasteiger partial charge in [0, 0.05) is 13.8 Å². The summed E-state index contributed by atoms with van der Waals surface area (Å²) in [5.74, 6) is -3.52. The minimum absolute atomic E-state index is 0.810. The van der Waals surface area contributed by atoms with Crippen LogP contribution in [0.25, 0.3) is 0 Å². The van der Waals surface area contributed by atoms with Gasteiger partial charge in [-0.25, -0.2) is 4.79 Å². The maximum atomic E-state index is 12.9. The lowest BCUT2D eigenvalue weighted by atomic mass is 9.93. The topological polar surface area (TPSA) is 431 Å². The number of ether oxygens (including phenoxy) is 10. The minimum Gasteiger partial charge on any atom is -0.479 e. The normalized spacial score (nSPS) is 48.2. The lowest BCUT2D eigenvalue weighted by Gasteiger charge is -2.51. The highest BCUT2D eigenvalue weighted by molar-refractivity contribution is 5.74. The van der Waals surface area contributed by atoms with Crippen LogP contribution in [-0.4, -0.2) is 264 Å². The molecule has 0 spiro atoms. The van der Waals surface area contributed by atoms with Crippen LogP contribution < -0.4 is 10.6 Å². The molecule has 2 amide bonds. The fraction of sp³-hybridized carbons (Fsp3) is 0.912. The van der Waals surface area contributed by atoms with Crippen molar-refractivity contribution < 1.29 is 128 Å². The van der Waals surface area contributed by atoms with E-state index in [2.05, 4.69) is 10.6 Å². The van der Waals surface area contributed by atoms with Gasteiger partial charge >= 0.3 is 5.97 Å². The zero-order valence-electron chi connectivity index (χ0n) is 32.9. The molecule has 62 heavy (non-hydrogen) atoms. The smallest absolute Gasteiger partial charge is 0.335 e. The number of rotatable bonds is 11. The van der Waals surface area contributed by atoms with Gasteiger partial charge in [-0.1, -0.05) is 0 Å². The molecule has 8 aliphatic heterocycles. The first-order valence-electron chi connectivity index (χ1n) is 19.5. The Labute approximate surface area is 350 Å². The number of nitrogens with one attached hydrogen (secondary N) is 2. The minimum atomic E-state index is -2.29. The first-order chi connectivity index (χ1) is 29.3. The van der Waals surface area contributed by atoms with Crippen molar-refractivity contribution in [1.82, 2.24) is 10.6 Å². The second kappa shape index (κ2) is 20.4. The molecule has 8 aliphatic rings. The summed E-state index contributed by atoms with van der Waals surface area (Å²) in [6, 6.07) is -3.50. The van der Waals surface area contributed by atoms with Crippen molar-refractivity contribution >= 4 is 17.8 Å². The fourth-order valence-electron chi connectivity index (χ4n) is 8.24. The average Bonchev–Trinajstić information content (AvgIpc) is 3.69. The van der Waals surface area contributed by atoms with E-state index in [-0.39, 0.29) is 0 Å². The molecule has 8 fully saturated rings. The van der Waals surface area contributed by atoms with Gasteiger partial charge in [-0.2, -0.15) is 0 Å². The van der Waals surface area contributed by atoms with Crippen molar-refractivity contribution in [3.63, 3.8) is 0 Å². The van der Waals surface area contributed by atoms with E-state index in [1.807, 2.05) is 0 Å². The first kappa shape index (κ1) is 49.0. The quantitative estimate of drug-likeness (QED) is 0.0915. The molecule has 8 bridgehead atoms. The summed E-state index contributed by atoms with van der Waals surface area (Å²) >= 11 is 0. The van der Waals surface area contributed by atoms with Gasteiger partial charge in [-0.15, -0.1) is 0 Å². The molecule has 28 heteroatoms. The van der Waals surface area contributed by atoms with Crippen molar-refractivity contribution in [3.8, 4) is 0 Å². The third-order valence-electron chi connectivity index (χ3n) is 11.3. The zero-order valence-corrected chi connectivity index (χ0v) is 32.9. The molecule has 356 valence electrons. The van der Waals surface area contributed by atoms with Crippen LogP contribution in [0.5, 0.6) is 0 Å². The van der Waals surface area contributed by atoms with E-state index in [9.17, 15) is 80.8 Å². The number of carbonyl (C=O) groups is 3. The number of hydrogen-bond donors (Lipinski definition) is 15. The summed E-state index contributed by atoms with van der Waals surface area (Å²) < 4.78 is 58.9. The Hall–Kier alpha value is -2.47. The lowest BCUT2D eigenvalue weighted by Crippen LogP contribution is -2.72. The Kier molecular flexibility index (Phi) is 16.1. The van der Waals surface area contributed by atoms with Crippen LogP contribution in [0.2, 0.25) is 0 Å². The molecule has 0 aromatic heterocycles. The summed E-state index contributed by atoms with van der Waals surface area (Å²) in [5.41, 5.74) is 0. The van der Waals surface area contributed by atoms with Gasteiger partial charge in [0.25, 0.3) is 0 Å². The van der Waals surface area contributed by atoms with Crippen molar-refractivity contribution in [2.24, 2.45) is 0 Å². The highest BCUT2D eigenvalue weighted by atomic mass is 16.8. The monoisotopic (exact) mass is 906 g/mol. The summed E-state index contributed by atoms with van der Waals surface area (Å²) in [5, 5.41) is 144. The maximum absolute atomic E-state index is 12.9. The number of carboxylic acid groups (broad SMARTS) is 1. The van der Waals surface area contributed by atoms with Gasteiger partial charge in [-0.3, -0.25) is 9.59 Å². The summed E-state index contributed by atoms with van der Waals surface area (Å²) in [6.45, 7) is -1.96. The molecule has 8 rings (SSSR count). The molecule has 25 atom stereocenters. The van der Waals surface area contributed by atoms with Gasteiger partial charge in [0.2, 0.25) is 11.8 Å². The second-order valence-corrected chi connectivity index (χ2v) is 15.6. The highest BCUT2D eigenvalue weighted by Gasteiger charge is 2.61. The van der Waals surface area contributed by atoms with Crippen LogP contribution in [-0.2, 0) is 61.8 Å². The largest absolute Gasteiger partial charge is 0.479 e. The van der Waals surface area contributed by atoms with Gasteiger partial charge in [-0.05, 0) is 0 Å². The molecule has 0 aromatic rings. The second-order valence-electron chi connectivity index (χ2n) is 15.6. The molecule has 0 aromatic carbocycles.